The number of carbonyl (C=O) groups is 2. The van der Waals surface area contributed by atoms with Gasteiger partial charge in [0.05, 0.1) is 0 Å². The molecule has 0 radical (unpaired) electrons. The van der Waals surface area contributed by atoms with Crippen molar-refractivity contribution in [3.05, 3.63) is 11.1 Å². The van der Waals surface area contributed by atoms with E-state index >= 15 is 0 Å². The fourth-order valence-corrected chi connectivity index (χ4v) is 1.61. The fraction of sp³-hybridized carbons (Fsp3) is 0.643. The first-order valence-electron chi connectivity index (χ1n) is 6.41. The molecule has 0 aromatic carbocycles. The first-order chi connectivity index (χ1) is 8.56. The normalized spacial score (nSPS) is 9.44. The van der Waals surface area contributed by atoms with Crippen LogP contribution in [0.2, 0.25) is 0 Å². The van der Waals surface area contributed by atoms with E-state index in [0.717, 1.165) is 38.2 Å². The van der Waals surface area contributed by atoms with Crippen LogP contribution in [0.25, 0.3) is 0 Å². The van der Waals surface area contributed by atoms with Crippen LogP contribution in [0, 0.1) is 11.3 Å². The number of ether oxygens (including phenoxy) is 1. The number of nitriles is 1. The Labute approximate surface area is 109 Å². The molecule has 4 heteroatoms. The number of unbranched alkanes of at least 4 members (excludes halogenated alkanes) is 2. The maximum Gasteiger partial charge on any atom is 0.356 e. The number of rotatable bonds is 7. The molecule has 0 N–H and O–H groups in total. The van der Waals surface area contributed by atoms with E-state index in [9.17, 15) is 9.59 Å². The first kappa shape index (κ1) is 16.4. The predicted octanol–water partition coefficient (Wildman–Crippen LogP) is 3.28. The van der Waals surface area contributed by atoms with Gasteiger partial charge in [-0.2, -0.15) is 5.26 Å². The monoisotopic (exact) mass is 251 g/mol. The van der Waals surface area contributed by atoms with Gasteiger partial charge < -0.3 is 4.74 Å². The van der Waals surface area contributed by atoms with Crippen LogP contribution in [-0.2, 0) is 14.3 Å². The molecule has 18 heavy (non-hydrogen) atoms. The molecular formula is C14H21NO3. The lowest BCUT2D eigenvalue weighted by atomic mass is 9.97. The molecule has 0 rings (SSSR count). The van der Waals surface area contributed by atoms with Crippen LogP contribution in [0.15, 0.2) is 11.1 Å². The van der Waals surface area contributed by atoms with Gasteiger partial charge in [0.2, 0.25) is 0 Å². The molecule has 0 aromatic rings. The Bertz CT molecular complexity index is 354. The van der Waals surface area contributed by atoms with Crippen molar-refractivity contribution in [3.63, 3.8) is 0 Å². The van der Waals surface area contributed by atoms with Gasteiger partial charge in [0.15, 0.2) is 0 Å². The van der Waals surface area contributed by atoms with Gasteiger partial charge in [0, 0.05) is 6.92 Å². The average Bonchev–Trinajstić information content (AvgIpc) is 2.31. The van der Waals surface area contributed by atoms with Gasteiger partial charge in [-0.25, -0.2) is 4.79 Å². The number of hydrogen-bond acceptors (Lipinski definition) is 4. The highest BCUT2D eigenvalue weighted by Gasteiger charge is 2.17. The Morgan fingerprint density at radius 2 is 1.61 bits per heavy atom. The Kier molecular flexibility index (Phi) is 8.55. The summed E-state index contributed by atoms with van der Waals surface area (Å²) in [5.74, 6) is -1.50. The fourth-order valence-electron chi connectivity index (χ4n) is 1.61. The van der Waals surface area contributed by atoms with Crippen molar-refractivity contribution in [2.24, 2.45) is 0 Å². The minimum Gasteiger partial charge on any atom is -0.389 e. The van der Waals surface area contributed by atoms with Crippen LogP contribution in [0.5, 0.6) is 0 Å². The summed E-state index contributed by atoms with van der Waals surface area (Å²) >= 11 is 0. The number of nitrogens with zero attached hydrogens (tertiary/aromatic N) is 1. The van der Waals surface area contributed by atoms with Crippen LogP contribution < -0.4 is 0 Å². The van der Waals surface area contributed by atoms with Gasteiger partial charge >= 0.3 is 11.9 Å². The maximum absolute atomic E-state index is 11.6. The van der Waals surface area contributed by atoms with Crippen molar-refractivity contribution >= 4 is 11.9 Å². The largest absolute Gasteiger partial charge is 0.389 e. The summed E-state index contributed by atoms with van der Waals surface area (Å²) in [4.78, 5) is 22.4. The van der Waals surface area contributed by atoms with E-state index in [1.807, 2.05) is 6.07 Å². The molecule has 0 heterocycles. The minimum absolute atomic E-state index is 0.00657. The maximum atomic E-state index is 11.6. The van der Waals surface area contributed by atoms with E-state index in [-0.39, 0.29) is 5.57 Å². The molecule has 0 spiro atoms. The molecular weight excluding hydrogens is 230 g/mol. The van der Waals surface area contributed by atoms with Gasteiger partial charge in [-0.15, -0.1) is 0 Å². The standard InChI is InChI=1S/C14H21NO3/c1-4-6-8-12(9-7-5-2)13(10-15)14(17)18-11(3)16/h4-9H2,1-3H3. The lowest BCUT2D eigenvalue weighted by Crippen LogP contribution is -2.13. The number of esters is 2. The third kappa shape index (κ3) is 6.19. The van der Waals surface area contributed by atoms with E-state index in [4.69, 9.17) is 5.26 Å². The van der Waals surface area contributed by atoms with E-state index in [2.05, 4.69) is 18.6 Å². The molecule has 0 unspecified atom stereocenters. The van der Waals surface area contributed by atoms with Crippen LogP contribution in [0.1, 0.15) is 59.3 Å². The molecule has 0 saturated carbocycles. The van der Waals surface area contributed by atoms with Crippen molar-refractivity contribution in [1.82, 2.24) is 0 Å². The zero-order valence-corrected chi connectivity index (χ0v) is 11.4. The SMILES string of the molecule is CCCCC(CCCC)=C(C#N)C(=O)OC(C)=O. The number of allylic oxidation sites excluding steroid dienone is 1. The van der Waals surface area contributed by atoms with Crippen LogP contribution >= 0.6 is 0 Å². The van der Waals surface area contributed by atoms with Crippen molar-refractivity contribution in [2.75, 3.05) is 0 Å². The first-order valence-corrected chi connectivity index (χ1v) is 6.41. The highest BCUT2D eigenvalue weighted by atomic mass is 16.6. The van der Waals surface area contributed by atoms with Crippen molar-refractivity contribution in [1.29, 1.82) is 5.26 Å². The summed E-state index contributed by atoms with van der Waals surface area (Å²) in [7, 11) is 0. The summed E-state index contributed by atoms with van der Waals surface area (Å²) in [6.45, 7) is 5.26. The predicted molar refractivity (Wildman–Crippen MR) is 68.5 cm³/mol. The van der Waals surface area contributed by atoms with E-state index < -0.39 is 11.9 Å². The molecule has 0 aliphatic heterocycles. The Morgan fingerprint density at radius 3 is 1.94 bits per heavy atom. The minimum atomic E-state index is -0.813. The average molecular weight is 251 g/mol. The highest BCUT2D eigenvalue weighted by molar-refractivity contribution is 5.99. The van der Waals surface area contributed by atoms with Crippen molar-refractivity contribution < 1.29 is 14.3 Å². The zero-order valence-electron chi connectivity index (χ0n) is 11.4. The lowest BCUT2D eigenvalue weighted by Gasteiger charge is -2.08. The molecule has 4 nitrogen and oxygen atoms in total. The Hall–Kier alpha value is -1.63. The molecule has 0 aliphatic carbocycles. The third-order valence-electron chi connectivity index (χ3n) is 2.57. The summed E-state index contributed by atoms with van der Waals surface area (Å²) in [6, 6.07) is 1.88. The summed E-state index contributed by atoms with van der Waals surface area (Å²) in [5.41, 5.74) is 0.819. The molecule has 0 saturated heterocycles. The van der Waals surface area contributed by atoms with Gasteiger partial charge in [-0.1, -0.05) is 26.7 Å². The molecule has 0 aliphatic rings. The van der Waals surface area contributed by atoms with Gasteiger partial charge in [0.1, 0.15) is 11.6 Å². The van der Waals surface area contributed by atoms with Crippen LogP contribution in [0.3, 0.4) is 0 Å². The second-order valence-corrected chi connectivity index (χ2v) is 4.18. The van der Waals surface area contributed by atoms with Gasteiger partial charge in [-0.05, 0) is 31.3 Å². The molecule has 0 bridgehead atoms. The molecule has 100 valence electrons. The summed E-state index contributed by atoms with van der Waals surface area (Å²) in [6.07, 6.45) is 5.28. The Morgan fingerprint density at radius 1 is 1.11 bits per heavy atom. The number of carbonyl (C=O) groups excluding carboxylic acids is 2. The van der Waals surface area contributed by atoms with E-state index in [1.165, 1.54) is 0 Å². The second-order valence-electron chi connectivity index (χ2n) is 4.18. The molecule has 0 fully saturated rings. The smallest absolute Gasteiger partial charge is 0.356 e. The van der Waals surface area contributed by atoms with Gasteiger partial charge in [-0.3, -0.25) is 4.79 Å². The quantitative estimate of drug-likeness (QED) is 0.301. The summed E-state index contributed by atoms with van der Waals surface area (Å²) in [5, 5.41) is 9.06. The molecule has 0 amide bonds. The second kappa shape index (κ2) is 9.41. The van der Waals surface area contributed by atoms with Crippen molar-refractivity contribution in [2.45, 2.75) is 59.3 Å². The topological polar surface area (TPSA) is 67.2 Å². The summed E-state index contributed by atoms with van der Waals surface area (Å²) < 4.78 is 4.49. The Balaban J connectivity index is 5.00. The van der Waals surface area contributed by atoms with Crippen LogP contribution in [-0.4, -0.2) is 11.9 Å². The number of hydrogen-bond donors (Lipinski definition) is 0. The van der Waals surface area contributed by atoms with E-state index in [0.29, 0.717) is 12.8 Å². The van der Waals surface area contributed by atoms with Crippen molar-refractivity contribution in [3.8, 4) is 6.07 Å². The molecule has 0 aromatic heterocycles. The van der Waals surface area contributed by atoms with Gasteiger partial charge in [0.25, 0.3) is 0 Å². The van der Waals surface area contributed by atoms with Crippen LogP contribution in [0.4, 0.5) is 0 Å². The zero-order chi connectivity index (χ0) is 14.0. The lowest BCUT2D eigenvalue weighted by molar-refractivity contribution is -0.154. The highest BCUT2D eigenvalue weighted by Crippen LogP contribution is 2.20. The third-order valence-corrected chi connectivity index (χ3v) is 2.57. The molecule has 0 atom stereocenters. The van der Waals surface area contributed by atoms with E-state index in [1.54, 1.807) is 0 Å².